The zero-order chi connectivity index (χ0) is 11.7. The highest BCUT2D eigenvalue weighted by molar-refractivity contribution is 7.13. The second-order valence-electron chi connectivity index (χ2n) is 4.96. The van der Waals surface area contributed by atoms with Gasteiger partial charge in [-0.1, -0.05) is 42.9 Å². The third-order valence-corrected chi connectivity index (χ3v) is 4.79. The molecule has 1 heterocycles. The Bertz CT molecular complexity index is 563. The number of hydrogen-bond acceptors (Lipinski definition) is 2. The second kappa shape index (κ2) is 4.65. The highest BCUT2D eigenvalue weighted by Crippen LogP contribution is 2.26. The molecule has 0 atom stereocenters. The standard InChI is InChI=1S/C14H17NOS/c16-14-12-8-4-5-9-13(12)17-15(14)10-11-6-2-1-3-7-11/h4-5,8-9,11H,1-3,6-7,10H2. The number of fused-ring (bicyclic) bond motifs is 1. The summed E-state index contributed by atoms with van der Waals surface area (Å²) in [5.74, 6) is 0.717. The average molecular weight is 247 g/mol. The molecular weight excluding hydrogens is 230 g/mol. The highest BCUT2D eigenvalue weighted by atomic mass is 32.1. The van der Waals surface area contributed by atoms with Crippen LogP contribution in [0.1, 0.15) is 32.1 Å². The quantitative estimate of drug-likeness (QED) is 0.794. The summed E-state index contributed by atoms with van der Waals surface area (Å²) in [7, 11) is 0. The van der Waals surface area contributed by atoms with Crippen LogP contribution >= 0.6 is 11.5 Å². The van der Waals surface area contributed by atoms with Crippen LogP contribution in [-0.2, 0) is 6.54 Å². The lowest BCUT2D eigenvalue weighted by Crippen LogP contribution is -2.20. The van der Waals surface area contributed by atoms with Crippen molar-refractivity contribution in [3.8, 4) is 0 Å². The van der Waals surface area contributed by atoms with E-state index >= 15 is 0 Å². The van der Waals surface area contributed by atoms with Gasteiger partial charge in [-0.3, -0.25) is 8.75 Å². The van der Waals surface area contributed by atoms with E-state index in [0.717, 1.165) is 22.5 Å². The van der Waals surface area contributed by atoms with E-state index in [-0.39, 0.29) is 5.56 Å². The lowest BCUT2D eigenvalue weighted by molar-refractivity contribution is 0.325. The van der Waals surface area contributed by atoms with E-state index in [9.17, 15) is 4.79 Å². The van der Waals surface area contributed by atoms with Gasteiger partial charge in [0.1, 0.15) is 0 Å². The van der Waals surface area contributed by atoms with E-state index in [1.54, 1.807) is 11.5 Å². The minimum atomic E-state index is 0.205. The van der Waals surface area contributed by atoms with Crippen molar-refractivity contribution in [3.05, 3.63) is 34.6 Å². The van der Waals surface area contributed by atoms with Gasteiger partial charge in [0.2, 0.25) is 0 Å². The van der Waals surface area contributed by atoms with E-state index in [1.807, 2.05) is 28.2 Å². The molecule has 1 aromatic heterocycles. The van der Waals surface area contributed by atoms with E-state index in [2.05, 4.69) is 0 Å². The Kier molecular flexibility index (Phi) is 3.02. The zero-order valence-electron chi connectivity index (χ0n) is 9.89. The first-order valence-corrected chi connectivity index (χ1v) is 7.21. The number of rotatable bonds is 2. The van der Waals surface area contributed by atoms with Gasteiger partial charge in [0.15, 0.2) is 0 Å². The van der Waals surface area contributed by atoms with Gasteiger partial charge in [0.25, 0.3) is 5.56 Å². The third kappa shape index (κ3) is 2.16. The summed E-state index contributed by atoms with van der Waals surface area (Å²) in [6.07, 6.45) is 6.63. The Hall–Kier alpha value is -1.09. The van der Waals surface area contributed by atoms with Crippen molar-refractivity contribution in [2.24, 2.45) is 5.92 Å². The molecule has 2 nitrogen and oxygen atoms in total. The van der Waals surface area contributed by atoms with Crippen LogP contribution in [-0.4, -0.2) is 3.96 Å². The van der Waals surface area contributed by atoms with Crippen molar-refractivity contribution in [2.45, 2.75) is 38.6 Å². The van der Waals surface area contributed by atoms with Crippen LogP contribution in [0.5, 0.6) is 0 Å². The fourth-order valence-corrected chi connectivity index (χ4v) is 3.84. The molecule has 0 aliphatic heterocycles. The van der Waals surface area contributed by atoms with Crippen LogP contribution in [0.2, 0.25) is 0 Å². The Morgan fingerprint density at radius 3 is 2.71 bits per heavy atom. The topological polar surface area (TPSA) is 22.0 Å². The van der Waals surface area contributed by atoms with Crippen LogP contribution in [0.4, 0.5) is 0 Å². The summed E-state index contributed by atoms with van der Waals surface area (Å²) in [5, 5.41) is 0.883. The Labute approximate surface area is 105 Å². The lowest BCUT2D eigenvalue weighted by atomic mass is 9.89. The molecule has 0 N–H and O–H groups in total. The van der Waals surface area contributed by atoms with Crippen LogP contribution < -0.4 is 5.56 Å². The van der Waals surface area contributed by atoms with Crippen LogP contribution in [0.25, 0.3) is 10.1 Å². The number of hydrogen-bond donors (Lipinski definition) is 0. The molecule has 1 saturated carbocycles. The van der Waals surface area contributed by atoms with Crippen molar-refractivity contribution >= 4 is 21.6 Å². The SMILES string of the molecule is O=c1c2ccccc2sn1CC1CCCCC1. The van der Waals surface area contributed by atoms with Gasteiger partial charge in [-0.05, 0) is 30.9 Å². The molecule has 0 amide bonds. The van der Waals surface area contributed by atoms with Gasteiger partial charge in [0, 0.05) is 6.54 Å². The second-order valence-corrected chi connectivity index (χ2v) is 6.02. The first-order valence-electron chi connectivity index (χ1n) is 6.43. The molecule has 0 saturated heterocycles. The summed E-state index contributed by atoms with van der Waals surface area (Å²) >= 11 is 1.62. The molecule has 0 bridgehead atoms. The van der Waals surface area contributed by atoms with Gasteiger partial charge in [0.05, 0.1) is 10.1 Å². The van der Waals surface area contributed by atoms with E-state index in [1.165, 1.54) is 32.1 Å². The monoisotopic (exact) mass is 247 g/mol. The number of benzene rings is 1. The summed E-state index contributed by atoms with van der Waals surface area (Å²) in [6.45, 7) is 0.929. The van der Waals surface area contributed by atoms with Gasteiger partial charge < -0.3 is 0 Å². The zero-order valence-corrected chi connectivity index (χ0v) is 10.7. The van der Waals surface area contributed by atoms with Gasteiger partial charge >= 0.3 is 0 Å². The summed E-state index contributed by atoms with van der Waals surface area (Å²) < 4.78 is 3.08. The number of aromatic nitrogens is 1. The van der Waals surface area contributed by atoms with Crippen molar-refractivity contribution in [3.63, 3.8) is 0 Å². The fourth-order valence-electron chi connectivity index (χ4n) is 2.74. The average Bonchev–Trinajstić information content (AvgIpc) is 2.68. The number of nitrogens with zero attached hydrogens (tertiary/aromatic N) is 1. The molecule has 0 spiro atoms. The summed E-state index contributed by atoms with van der Waals surface area (Å²) in [5.41, 5.74) is 0.205. The molecule has 1 fully saturated rings. The summed E-state index contributed by atoms with van der Waals surface area (Å²) in [6, 6.07) is 7.93. The predicted molar refractivity (Wildman–Crippen MR) is 72.7 cm³/mol. The van der Waals surface area contributed by atoms with Crippen LogP contribution in [0.3, 0.4) is 0 Å². The molecule has 1 aromatic carbocycles. The Morgan fingerprint density at radius 1 is 1.18 bits per heavy atom. The minimum absolute atomic E-state index is 0.205. The molecule has 1 aliphatic rings. The Morgan fingerprint density at radius 2 is 1.94 bits per heavy atom. The normalized spacial score (nSPS) is 17.6. The van der Waals surface area contributed by atoms with Crippen LogP contribution in [0, 0.1) is 5.92 Å². The molecule has 0 radical (unpaired) electrons. The Balaban J connectivity index is 1.89. The molecule has 90 valence electrons. The van der Waals surface area contributed by atoms with Crippen molar-refractivity contribution in [1.29, 1.82) is 0 Å². The van der Waals surface area contributed by atoms with Crippen LogP contribution in [0.15, 0.2) is 29.1 Å². The first kappa shape index (κ1) is 11.0. The van der Waals surface area contributed by atoms with E-state index < -0.39 is 0 Å². The maximum atomic E-state index is 12.2. The maximum absolute atomic E-state index is 12.2. The van der Waals surface area contributed by atoms with Gasteiger partial charge in [-0.15, -0.1) is 0 Å². The first-order chi connectivity index (χ1) is 8.34. The van der Waals surface area contributed by atoms with Crippen molar-refractivity contribution < 1.29 is 0 Å². The predicted octanol–water partition coefficient (Wildman–Crippen LogP) is 3.64. The molecular formula is C14H17NOS. The highest BCUT2D eigenvalue weighted by Gasteiger charge is 2.16. The van der Waals surface area contributed by atoms with E-state index in [4.69, 9.17) is 0 Å². The summed E-state index contributed by atoms with van der Waals surface area (Å²) in [4.78, 5) is 12.2. The fraction of sp³-hybridized carbons (Fsp3) is 0.500. The molecule has 3 heteroatoms. The van der Waals surface area contributed by atoms with E-state index in [0.29, 0.717) is 0 Å². The molecule has 0 unspecified atom stereocenters. The minimum Gasteiger partial charge on any atom is -0.268 e. The molecule has 2 aromatic rings. The largest absolute Gasteiger partial charge is 0.268 e. The molecule has 1 aliphatic carbocycles. The van der Waals surface area contributed by atoms with Crippen molar-refractivity contribution in [1.82, 2.24) is 3.96 Å². The van der Waals surface area contributed by atoms with Gasteiger partial charge in [-0.2, -0.15) is 0 Å². The smallest absolute Gasteiger partial charge is 0.268 e. The lowest BCUT2D eigenvalue weighted by Gasteiger charge is -2.20. The van der Waals surface area contributed by atoms with Gasteiger partial charge in [-0.25, -0.2) is 0 Å². The molecule has 3 rings (SSSR count). The maximum Gasteiger partial charge on any atom is 0.268 e. The third-order valence-electron chi connectivity index (χ3n) is 3.70. The van der Waals surface area contributed by atoms with Crippen molar-refractivity contribution in [2.75, 3.05) is 0 Å². The molecule has 17 heavy (non-hydrogen) atoms.